The van der Waals surface area contributed by atoms with Gasteiger partial charge in [-0.2, -0.15) is 5.10 Å². The lowest BCUT2D eigenvalue weighted by atomic mass is 10.1. The van der Waals surface area contributed by atoms with Gasteiger partial charge < -0.3 is 24.1 Å². The first-order valence-corrected chi connectivity index (χ1v) is 9.80. The number of nitrogens with one attached hydrogen (secondary N) is 2. The number of furan rings is 1. The fourth-order valence-electron chi connectivity index (χ4n) is 3.45. The predicted octanol–water partition coefficient (Wildman–Crippen LogP) is 2.84. The minimum Gasteiger partial charge on any atom is -0.495 e. The van der Waals surface area contributed by atoms with Gasteiger partial charge in [0.15, 0.2) is 17.4 Å². The largest absolute Gasteiger partial charge is 0.495 e. The first-order valence-electron chi connectivity index (χ1n) is 9.80. The van der Waals surface area contributed by atoms with Crippen molar-refractivity contribution in [2.24, 2.45) is 0 Å². The summed E-state index contributed by atoms with van der Waals surface area (Å²) in [6, 6.07) is 8.85. The highest BCUT2D eigenvalue weighted by Gasteiger charge is 2.20. The number of ether oxygens (including phenoxy) is 2. The molecule has 4 aromatic rings. The maximum Gasteiger partial charge on any atom is 0.254 e. The molecular formula is C21H20N6O4. The fraction of sp³-hybridized carbons (Fsp3) is 0.238. The molecule has 3 aromatic heterocycles. The van der Waals surface area contributed by atoms with E-state index in [-0.39, 0.29) is 5.91 Å². The third kappa shape index (κ3) is 3.68. The number of anilines is 2. The Morgan fingerprint density at radius 1 is 1.23 bits per heavy atom. The third-order valence-corrected chi connectivity index (χ3v) is 5.04. The highest BCUT2D eigenvalue weighted by Crippen LogP contribution is 2.32. The number of carbonyl (C=O) groups excluding carboxylic acids is 1. The molecule has 1 fully saturated rings. The zero-order valence-corrected chi connectivity index (χ0v) is 16.8. The normalized spacial score (nSPS) is 14.0. The van der Waals surface area contributed by atoms with Crippen molar-refractivity contribution >= 4 is 28.4 Å². The van der Waals surface area contributed by atoms with Crippen LogP contribution in [0.4, 0.5) is 11.5 Å². The summed E-state index contributed by atoms with van der Waals surface area (Å²) < 4.78 is 16.3. The Bertz CT molecular complexity index is 1210. The van der Waals surface area contributed by atoms with E-state index < -0.39 is 0 Å². The van der Waals surface area contributed by atoms with E-state index in [0.29, 0.717) is 71.7 Å². The maximum atomic E-state index is 12.8. The molecule has 1 aliphatic rings. The maximum absolute atomic E-state index is 12.8. The van der Waals surface area contributed by atoms with Crippen LogP contribution in [0.1, 0.15) is 10.4 Å². The van der Waals surface area contributed by atoms with Gasteiger partial charge in [0.1, 0.15) is 16.8 Å². The lowest BCUT2D eigenvalue weighted by Gasteiger charge is -2.27. The lowest BCUT2D eigenvalue weighted by molar-refractivity contribution is 0.0302. The number of amides is 1. The highest BCUT2D eigenvalue weighted by atomic mass is 16.5. The molecule has 0 unspecified atom stereocenters. The summed E-state index contributed by atoms with van der Waals surface area (Å²) in [5.41, 5.74) is 2.49. The topological polar surface area (TPSA) is 118 Å². The van der Waals surface area contributed by atoms with Crippen LogP contribution in [0.3, 0.4) is 0 Å². The van der Waals surface area contributed by atoms with Gasteiger partial charge >= 0.3 is 0 Å². The van der Waals surface area contributed by atoms with Gasteiger partial charge in [0.2, 0.25) is 0 Å². The number of H-pyrrole nitrogens is 1. The van der Waals surface area contributed by atoms with E-state index >= 15 is 0 Å². The Morgan fingerprint density at radius 3 is 2.87 bits per heavy atom. The van der Waals surface area contributed by atoms with E-state index in [9.17, 15) is 4.79 Å². The van der Waals surface area contributed by atoms with Crippen LogP contribution in [-0.4, -0.2) is 64.4 Å². The van der Waals surface area contributed by atoms with Crippen molar-refractivity contribution in [2.75, 3.05) is 38.7 Å². The zero-order chi connectivity index (χ0) is 21.2. The van der Waals surface area contributed by atoms with Crippen molar-refractivity contribution in [3.63, 3.8) is 0 Å². The molecule has 4 heterocycles. The molecule has 158 valence electrons. The number of rotatable bonds is 5. The molecule has 0 saturated carbocycles. The molecule has 31 heavy (non-hydrogen) atoms. The van der Waals surface area contributed by atoms with Crippen molar-refractivity contribution in [1.82, 2.24) is 25.1 Å². The number of aromatic nitrogens is 4. The Morgan fingerprint density at radius 2 is 2.10 bits per heavy atom. The molecule has 0 bridgehead atoms. The minimum atomic E-state index is -0.0498. The Kier molecular flexibility index (Phi) is 4.97. The zero-order valence-electron chi connectivity index (χ0n) is 16.8. The molecule has 10 heteroatoms. The number of methoxy groups -OCH3 is 1. The van der Waals surface area contributed by atoms with Crippen LogP contribution in [0.15, 0.2) is 47.2 Å². The first-order chi connectivity index (χ1) is 15.2. The molecule has 2 N–H and O–H groups in total. The van der Waals surface area contributed by atoms with Gasteiger partial charge in [0.05, 0.1) is 38.5 Å². The molecule has 1 amide bonds. The second-order valence-corrected chi connectivity index (χ2v) is 6.95. The molecule has 1 aliphatic heterocycles. The van der Waals surface area contributed by atoms with Crippen LogP contribution in [0.5, 0.6) is 5.75 Å². The minimum absolute atomic E-state index is 0.0498. The van der Waals surface area contributed by atoms with E-state index in [2.05, 4.69) is 25.5 Å². The fourth-order valence-corrected chi connectivity index (χ4v) is 3.45. The molecule has 0 radical (unpaired) electrons. The molecule has 5 rings (SSSR count). The smallest absolute Gasteiger partial charge is 0.254 e. The van der Waals surface area contributed by atoms with Crippen LogP contribution in [0.2, 0.25) is 0 Å². The van der Waals surface area contributed by atoms with Gasteiger partial charge in [0, 0.05) is 18.7 Å². The molecular weight excluding hydrogens is 400 g/mol. The standard InChI is InChI=1S/C21H20N6O4/c1-29-17-11-13(21(28)27-6-9-30-10-7-27)4-5-14(17)23-20-18-15(12-22-26-18)24-19(25-20)16-3-2-8-31-16/h2-5,8,11-12H,6-7,9-10H2,1H3,(H,22,26)(H,23,24,25). The van der Waals surface area contributed by atoms with E-state index in [1.165, 1.54) is 0 Å². The van der Waals surface area contributed by atoms with E-state index in [1.54, 1.807) is 54.8 Å². The second kappa shape index (κ2) is 8.07. The highest BCUT2D eigenvalue weighted by molar-refractivity contribution is 5.96. The number of carbonyl (C=O) groups is 1. The molecule has 0 spiro atoms. The Hall–Kier alpha value is -3.92. The summed E-state index contributed by atoms with van der Waals surface area (Å²) in [6.07, 6.45) is 3.19. The number of fused-ring (bicyclic) bond motifs is 1. The van der Waals surface area contributed by atoms with Gasteiger partial charge in [0.25, 0.3) is 5.91 Å². The number of morpholine rings is 1. The quantitative estimate of drug-likeness (QED) is 0.506. The summed E-state index contributed by atoms with van der Waals surface area (Å²) in [4.78, 5) is 23.6. The number of hydrogen-bond acceptors (Lipinski definition) is 8. The van der Waals surface area contributed by atoms with E-state index in [1.807, 2.05) is 0 Å². The number of benzene rings is 1. The van der Waals surface area contributed by atoms with Gasteiger partial charge in [-0.25, -0.2) is 9.97 Å². The second-order valence-electron chi connectivity index (χ2n) is 6.95. The van der Waals surface area contributed by atoms with E-state index in [4.69, 9.17) is 13.9 Å². The molecule has 0 aliphatic carbocycles. The summed E-state index contributed by atoms with van der Waals surface area (Å²) >= 11 is 0. The number of hydrogen-bond donors (Lipinski definition) is 2. The van der Waals surface area contributed by atoms with E-state index in [0.717, 1.165) is 0 Å². The van der Waals surface area contributed by atoms with Crippen LogP contribution < -0.4 is 10.1 Å². The predicted molar refractivity (Wildman–Crippen MR) is 112 cm³/mol. The summed E-state index contributed by atoms with van der Waals surface area (Å²) in [6.45, 7) is 2.26. The summed E-state index contributed by atoms with van der Waals surface area (Å²) in [5.74, 6) is 1.96. The van der Waals surface area contributed by atoms with Crippen LogP contribution in [0, 0.1) is 0 Å². The van der Waals surface area contributed by atoms with Crippen LogP contribution >= 0.6 is 0 Å². The molecule has 10 nitrogen and oxygen atoms in total. The number of nitrogens with zero attached hydrogens (tertiary/aromatic N) is 4. The Balaban J connectivity index is 1.48. The van der Waals surface area contributed by atoms with Gasteiger partial charge in [-0.1, -0.05) is 0 Å². The molecule has 1 saturated heterocycles. The third-order valence-electron chi connectivity index (χ3n) is 5.04. The van der Waals surface area contributed by atoms with Crippen molar-refractivity contribution in [3.05, 3.63) is 48.4 Å². The number of aromatic amines is 1. The Labute approximate surface area is 177 Å². The molecule has 0 atom stereocenters. The van der Waals surface area contributed by atoms with Crippen molar-refractivity contribution < 1.29 is 18.7 Å². The first kappa shape index (κ1) is 19.1. The SMILES string of the molecule is COc1cc(C(=O)N2CCOCC2)ccc1Nc1nc(-c2ccco2)nc2cn[nH]c12. The lowest BCUT2D eigenvalue weighted by Crippen LogP contribution is -2.40. The molecule has 1 aromatic carbocycles. The summed E-state index contributed by atoms with van der Waals surface area (Å²) in [7, 11) is 1.56. The van der Waals surface area contributed by atoms with Gasteiger partial charge in [-0.15, -0.1) is 0 Å². The van der Waals surface area contributed by atoms with Gasteiger partial charge in [-0.05, 0) is 30.3 Å². The van der Waals surface area contributed by atoms with Crippen LogP contribution in [-0.2, 0) is 4.74 Å². The van der Waals surface area contributed by atoms with Gasteiger partial charge in [-0.3, -0.25) is 9.89 Å². The monoisotopic (exact) mass is 420 g/mol. The van der Waals surface area contributed by atoms with Crippen molar-refractivity contribution in [1.29, 1.82) is 0 Å². The van der Waals surface area contributed by atoms with Crippen molar-refractivity contribution in [3.8, 4) is 17.3 Å². The summed E-state index contributed by atoms with van der Waals surface area (Å²) in [5, 5.41) is 10.2. The van der Waals surface area contributed by atoms with Crippen LogP contribution in [0.25, 0.3) is 22.6 Å². The average Bonchev–Trinajstić information content (AvgIpc) is 3.51. The average molecular weight is 420 g/mol. The van der Waals surface area contributed by atoms with Crippen molar-refractivity contribution in [2.45, 2.75) is 0 Å².